The molecule has 4 heteroatoms. The third kappa shape index (κ3) is 3.47. The first kappa shape index (κ1) is 12.5. The van der Waals surface area contributed by atoms with Gasteiger partial charge in [0.2, 0.25) is 5.91 Å². The lowest BCUT2D eigenvalue weighted by Crippen LogP contribution is -2.36. The van der Waals surface area contributed by atoms with E-state index in [2.05, 4.69) is 6.92 Å². The molecule has 4 nitrogen and oxygen atoms in total. The molecule has 0 aromatic heterocycles. The molecule has 0 saturated carbocycles. The molecule has 15 heavy (non-hydrogen) atoms. The summed E-state index contributed by atoms with van der Waals surface area (Å²) < 4.78 is 0. The predicted octanol–water partition coefficient (Wildman–Crippen LogP) is 0.134. The Bertz CT molecular complexity index is 218. The first-order valence-electron chi connectivity index (χ1n) is 5.68. The zero-order valence-corrected chi connectivity index (χ0v) is 10.1. The number of likely N-dealkylation sites (tertiary alicyclic amines) is 1. The standard InChI is InChI=1S/C11H23N3O/c1-9-6-10(7-12)8-14(9)11(15)4-5-13(2)3/h9-10H,4-8,12H2,1-3H3. The van der Waals surface area contributed by atoms with Gasteiger partial charge < -0.3 is 15.5 Å². The van der Waals surface area contributed by atoms with Crippen molar-refractivity contribution in [3.05, 3.63) is 0 Å². The topological polar surface area (TPSA) is 49.6 Å². The highest BCUT2D eigenvalue weighted by molar-refractivity contribution is 5.77. The minimum Gasteiger partial charge on any atom is -0.340 e. The molecule has 1 heterocycles. The highest BCUT2D eigenvalue weighted by Gasteiger charge is 2.30. The van der Waals surface area contributed by atoms with E-state index in [-0.39, 0.29) is 5.91 Å². The van der Waals surface area contributed by atoms with Crippen LogP contribution in [0.15, 0.2) is 0 Å². The molecule has 1 rings (SSSR count). The number of amides is 1. The van der Waals surface area contributed by atoms with Crippen molar-refractivity contribution in [1.82, 2.24) is 9.80 Å². The van der Waals surface area contributed by atoms with Gasteiger partial charge in [0.25, 0.3) is 0 Å². The van der Waals surface area contributed by atoms with Gasteiger partial charge in [-0.05, 0) is 39.9 Å². The Morgan fingerprint density at radius 2 is 2.20 bits per heavy atom. The van der Waals surface area contributed by atoms with Gasteiger partial charge in [0.15, 0.2) is 0 Å². The molecule has 0 radical (unpaired) electrons. The fraction of sp³-hybridized carbons (Fsp3) is 0.909. The molecule has 2 unspecified atom stereocenters. The molecule has 1 saturated heterocycles. The van der Waals surface area contributed by atoms with Gasteiger partial charge in [-0.1, -0.05) is 0 Å². The van der Waals surface area contributed by atoms with Gasteiger partial charge in [0.1, 0.15) is 0 Å². The summed E-state index contributed by atoms with van der Waals surface area (Å²) in [7, 11) is 3.98. The highest BCUT2D eigenvalue weighted by Crippen LogP contribution is 2.22. The Hall–Kier alpha value is -0.610. The van der Waals surface area contributed by atoms with E-state index in [0.717, 1.165) is 19.5 Å². The molecule has 2 atom stereocenters. The van der Waals surface area contributed by atoms with E-state index >= 15 is 0 Å². The van der Waals surface area contributed by atoms with Gasteiger partial charge >= 0.3 is 0 Å². The van der Waals surface area contributed by atoms with Crippen molar-refractivity contribution in [2.75, 3.05) is 33.7 Å². The SMILES string of the molecule is CC1CC(CN)CN1C(=O)CCN(C)C. The second-order valence-corrected chi connectivity index (χ2v) is 4.79. The Balaban J connectivity index is 2.39. The van der Waals surface area contributed by atoms with Crippen LogP contribution in [0, 0.1) is 5.92 Å². The molecule has 2 N–H and O–H groups in total. The minimum atomic E-state index is 0.271. The summed E-state index contributed by atoms with van der Waals surface area (Å²) in [6, 6.07) is 0.369. The van der Waals surface area contributed by atoms with Crippen molar-refractivity contribution in [2.45, 2.75) is 25.8 Å². The van der Waals surface area contributed by atoms with Crippen LogP contribution in [0.1, 0.15) is 19.8 Å². The van der Waals surface area contributed by atoms with Gasteiger partial charge in [-0.2, -0.15) is 0 Å². The van der Waals surface area contributed by atoms with Crippen molar-refractivity contribution >= 4 is 5.91 Å². The molecule has 1 fully saturated rings. The summed E-state index contributed by atoms with van der Waals surface area (Å²) in [4.78, 5) is 15.9. The first-order chi connectivity index (χ1) is 7.04. The Kier molecular flexibility index (Phi) is 4.54. The zero-order valence-electron chi connectivity index (χ0n) is 10.1. The lowest BCUT2D eigenvalue weighted by atomic mass is 10.1. The molecular weight excluding hydrogens is 190 g/mol. The van der Waals surface area contributed by atoms with Crippen LogP contribution in [0.25, 0.3) is 0 Å². The molecule has 1 amide bonds. The third-order valence-corrected chi connectivity index (χ3v) is 3.09. The summed E-state index contributed by atoms with van der Waals surface area (Å²) in [5, 5.41) is 0. The fourth-order valence-corrected chi connectivity index (χ4v) is 2.12. The zero-order chi connectivity index (χ0) is 11.4. The van der Waals surface area contributed by atoms with E-state index in [9.17, 15) is 4.79 Å². The smallest absolute Gasteiger partial charge is 0.224 e. The van der Waals surface area contributed by atoms with Gasteiger partial charge in [-0.3, -0.25) is 4.79 Å². The lowest BCUT2D eigenvalue weighted by Gasteiger charge is -2.22. The molecule has 0 bridgehead atoms. The number of carbonyl (C=O) groups is 1. The Morgan fingerprint density at radius 3 is 2.67 bits per heavy atom. The van der Waals surface area contributed by atoms with Crippen LogP contribution < -0.4 is 5.73 Å². The van der Waals surface area contributed by atoms with E-state index in [1.54, 1.807) is 0 Å². The van der Waals surface area contributed by atoms with E-state index in [0.29, 0.717) is 24.9 Å². The predicted molar refractivity (Wildman–Crippen MR) is 61.5 cm³/mol. The molecule has 0 spiro atoms. The average Bonchev–Trinajstić information content (AvgIpc) is 2.56. The molecular formula is C11H23N3O. The molecule has 0 aromatic carbocycles. The largest absolute Gasteiger partial charge is 0.340 e. The summed E-state index contributed by atoms with van der Waals surface area (Å²) in [6.07, 6.45) is 1.68. The number of hydrogen-bond acceptors (Lipinski definition) is 3. The van der Waals surface area contributed by atoms with E-state index < -0.39 is 0 Å². The summed E-state index contributed by atoms with van der Waals surface area (Å²) in [5.41, 5.74) is 5.63. The maximum Gasteiger partial charge on any atom is 0.224 e. The van der Waals surface area contributed by atoms with Gasteiger partial charge in [0.05, 0.1) is 0 Å². The number of nitrogens with two attached hydrogens (primary N) is 1. The normalized spacial score (nSPS) is 26.3. The molecule has 0 aromatic rings. The van der Waals surface area contributed by atoms with Crippen molar-refractivity contribution in [3.8, 4) is 0 Å². The van der Waals surface area contributed by atoms with Crippen LogP contribution in [0.5, 0.6) is 0 Å². The third-order valence-electron chi connectivity index (χ3n) is 3.09. The van der Waals surface area contributed by atoms with E-state index in [1.165, 1.54) is 0 Å². The van der Waals surface area contributed by atoms with E-state index in [1.807, 2.05) is 23.9 Å². The number of hydrogen-bond donors (Lipinski definition) is 1. The fourth-order valence-electron chi connectivity index (χ4n) is 2.12. The highest BCUT2D eigenvalue weighted by atomic mass is 16.2. The second-order valence-electron chi connectivity index (χ2n) is 4.79. The van der Waals surface area contributed by atoms with Crippen LogP contribution in [-0.4, -0.2) is 55.5 Å². The number of carbonyl (C=O) groups excluding carboxylic acids is 1. The number of rotatable bonds is 4. The Labute approximate surface area is 92.4 Å². The summed E-state index contributed by atoms with van der Waals surface area (Å²) in [5.74, 6) is 0.774. The molecule has 0 aliphatic carbocycles. The van der Waals surface area contributed by atoms with Crippen molar-refractivity contribution in [1.29, 1.82) is 0 Å². The van der Waals surface area contributed by atoms with Gasteiger partial charge in [-0.15, -0.1) is 0 Å². The van der Waals surface area contributed by atoms with Gasteiger partial charge in [0, 0.05) is 25.6 Å². The van der Waals surface area contributed by atoms with Crippen LogP contribution in [-0.2, 0) is 4.79 Å². The van der Waals surface area contributed by atoms with Crippen molar-refractivity contribution in [2.24, 2.45) is 11.7 Å². The summed E-state index contributed by atoms with van der Waals surface area (Å²) >= 11 is 0. The first-order valence-corrected chi connectivity index (χ1v) is 5.68. The van der Waals surface area contributed by atoms with Crippen LogP contribution in [0.4, 0.5) is 0 Å². The van der Waals surface area contributed by atoms with E-state index in [4.69, 9.17) is 5.73 Å². The quantitative estimate of drug-likeness (QED) is 0.722. The van der Waals surface area contributed by atoms with Crippen molar-refractivity contribution in [3.63, 3.8) is 0 Å². The minimum absolute atomic E-state index is 0.271. The Morgan fingerprint density at radius 1 is 1.53 bits per heavy atom. The molecule has 1 aliphatic heterocycles. The lowest BCUT2D eigenvalue weighted by molar-refractivity contribution is -0.132. The monoisotopic (exact) mass is 213 g/mol. The average molecular weight is 213 g/mol. The van der Waals surface area contributed by atoms with Crippen LogP contribution in [0.2, 0.25) is 0 Å². The second kappa shape index (κ2) is 5.47. The van der Waals surface area contributed by atoms with Crippen LogP contribution >= 0.6 is 0 Å². The summed E-state index contributed by atoms with van der Waals surface area (Å²) in [6.45, 7) is 4.49. The van der Waals surface area contributed by atoms with Gasteiger partial charge in [-0.25, -0.2) is 0 Å². The van der Waals surface area contributed by atoms with Crippen molar-refractivity contribution < 1.29 is 4.79 Å². The van der Waals surface area contributed by atoms with Crippen LogP contribution in [0.3, 0.4) is 0 Å². The number of nitrogens with zero attached hydrogens (tertiary/aromatic N) is 2. The maximum atomic E-state index is 11.9. The maximum absolute atomic E-state index is 11.9. The molecule has 88 valence electrons. The molecule has 1 aliphatic rings.